The van der Waals surface area contributed by atoms with Crippen molar-refractivity contribution in [1.82, 2.24) is 29.7 Å². The minimum absolute atomic E-state index is 0.0304. The first-order valence-electron chi connectivity index (χ1n) is 29.3. The number of aliphatic imine (C=N–C) groups is 4. The number of carbonyl (C=O) groups is 1. The van der Waals surface area contributed by atoms with Crippen LogP contribution in [-0.2, 0) is 32.8 Å². The van der Waals surface area contributed by atoms with E-state index in [0.717, 1.165) is 49.1 Å². The van der Waals surface area contributed by atoms with Crippen molar-refractivity contribution in [2.45, 2.75) is 243 Å². The first-order valence-corrected chi connectivity index (χ1v) is 29.3. The van der Waals surface area contributed by atoms with Crippen LogP contribution in [0.25, 0.3) is 0 Å². The Hall–Kier alpha value is -5.52. The van der Waals surface area contributed by atoms with Gasteiger partial charge in [0.2, 0.25) is 0 Å². The Kier molecular flexibility index (Phi) is 26.9. The summed E-state index contributed by atoms with van der Waals surface area (Å²) in [5.74, 6) is 1.85. The van der Waals surface area contributed by atoms with Crippen molar-refractivity contribution in [1.29, 1.82) is 0 Å². The Morgan fingerprint density at radius 2 is 1.11 bits per heavy atom. The second-order valence-corrected chi connectivity index (χ2v) is 30.3. The SMILES string of the molecule is CC(C)(C)C1C=CC(=O)O1.CC1=NC(C(C)(C)C)=CC1.CC1=NCC(C(C)(C)C)=C1.CC1=NCC=C1C(C)(C)C.CC1=NCC=C1C(C)(C)C.Cc1cc(C(C)(C)C)n[nH]1.Cc1ncc(C(C)(C)C)[nH]1.Cc1ncc(C(C)(C)C)n1C. The number of hydrogen-bond donors (Lipinski definition) is 2. The normalized spacial score (nSPS) is 17.0. The van der Waals surface area contributed by atoms with Crippen LogP contribution >= 0.6 is 0 Å². The maximum absolute atomic E-state index is 10.6. The lowest BCUT2D eigenvalue weighted by Gasteiger charge is -2.23. The average molecular weight is 1120 g/mol. The molecule has 0 saturated heterocycles. The minimum Gasteiger partial charge on any atom is -0.454 e. The number of rotatable bonds is 0. The van der Waals surface area contributed by atoms with Gasteiger partial charge in [-0.2, -0.15) is 5.10 Å². The van der Waals surface area contributed by atoms with Crippen LogP contribution in [0.2, 0.25) is 0 Å². The van der Waals surface area contributed by atoms with Gasteiger partial charge in [-0.3, -0.25) is 25.1 Å². The highest BCUT2D eigenvalue weighted by molar-refractivity contribution is 6.01. The molecule has 0 amide bonds. The van der Waals surface area contributed by atoms with Crippen LogP contribution in [0, 0.1) is 47.8 Å². The lowest BCUT2D eigenvalue weighted by Crippen LogP contribution is -2.25. The Labute approximate surface area is 494 Å². The molecule has 1 unspecified atom stereocenters. The fraction of sp³-hybridized carbons (Fsp3) is 0.652. The van der Waals surface area contributed by atoms with E-state index in [2.05, 4.69) is 260 Å². The Balaban J connectivity index is 0.000000463. The number of H-pyrrole nitrogens is 2. The first kappa shape index (κ1) is 73.5. The molecule has 12 nitrogen and oxygen atoms in total. The van der Waals surface area contributed by atoms with Gasteiger partial charge in [-0.15, -0.1) is 0 Å². The maximum atomic E-state index is 10.6. The summed E-state index contributed by atoms with van der Waals surface area (Å²) >= 11 is 0. The third kappa shape index (κ3) is 27.0. The Morgan fingerprint density at radius 1 is 0.593 bits per heavy atom. The highest BCUT2D eigenvalue weighted by Crippen LogP contribution is 2.32. The molecule has 81 heavy (non-hydrogen) atoms. The number of hydrogen-bond acceptors (Lipinski definition) is 9. The molecule has 0 aliphatic carbocycles. The van der Waals surface area contributed by atoms with Gasteiger partial charge in [0, 0.05) is 105 Å². The summed E-state index contributed by atoms with van der Waals surface area (Å²) in [6, 6.07) is 2.08. The quantitative estimate of drug-likeness (QED) is 0.215. The highest BCUT2D eigenvalue weighted by Gasteiger charge is 2.29. The third-order valence-electron chi connectivity index (χ3n) is 13.6. The largest absolute Gasteiger partial charge is 0.454 e. The number of nitrogens with zero attached hydrogens (tertiary/aromatic N) is 8. The summed E-state index contributed by atoms with van der Waals surface area (Å²) in [4.78, 5) is 39.5. The molecule has 0 radical (unpaired) electrons. The molecule has 8 heterocycles. The lowest BCUT2D eigenvalue weighted by atomic mass is 9.84. The van der Waals surface area contributed by atoms with Crippen molar-refractivity contribution in [3.05, 3.63) is 112 Å². The van der Waals surface area contributed by atoms with Gasteiger partial charge in [0.25, 0.3) is 0 Å². The number of aryl methyl sites for hydroxylation is 3. The zero-order valence-electron chi connectivity index (χ0n) is 57.5. The van der Waals surface area contributed by atoms with E-state index < -0.39 is 0 Å². The molecule has 3 aromatic heterocycles. The van der Waals surface area contributed by atoms with Crippen LogP contribution in [0.15, 0.2) is 97.3 Å². The van der Waals surface area contributed by atoms with E-state index in [-0.39, 0.29) is 50.0 Å². The molecular weight excluding hydrogens is 1000 g/mol. The molecule has 5 aliphatic rings. The van der Waals surface area contributed by atoms with Crippen molar-refractivity contribution >= 4 is 28.8 Å². The van der Waals surface area contributed by atoms with Gasteiger partial charge in [0.05, 0.1) is 25.3 Å². The molecule has 2 N–H and O–H groups in total. The summed E-state index contributed by atoms with van der Waals surface area (Å²) in [5.41, 5.74) is 16.8. The standard InChI is InChI=1S/C9H16N2.4C9H15N.2C8H14N2.C8H12O2/c1-7-10-6-8(11(7)5)9(2,3)4;1-7-5-8(6-10-7)9(2,3)4;2*1-7-8(5-6-10-7)9(2,3)4;1-7-5-6-8(10-7)9(2,3)4;1-6-9-5-7(10-6)8(2,3)4;1-6-5-7(10-9-6)8(2,3)4;1-8(2,3)6-4-5-7(9)10-6/h6H,1-5H3;3*5H,6H2,1-4H3;6H,5H2,1-4H3;2*5H,1-4H3,(H,9,10);4-6H,1-3H3. The van der Waals surface area contributed by atoms with Crippen LogP contribution in [0.1, 0.15) is 235 Å². The molecule has 8 rings (SSSR count). The van der Waals surface area contributed by atoms with E-state index >= 15 is 0 Å². The number of aromatic amines is 2. The molecule has 0 saturated carbocycles. The summed E-state index contributed by atoms with van der Waals surface area (Å²) in [6.45, 7) is 69.3. The van der Waals surface area contributed by atoms with Crippen molar-refractivity contribution < 1.29 is 9.53 Å². The van der Waals surface area contributed by atoms with Gasteiger partial charge in [0.15, 0.2) is 0 Å². The van der Waals surface area contributed by atoms with Crippen molar-refractivity contribution in [2.24, 2.45) is 54.1 Å². The zero-order chi connectivity index (χ0) is 63.1. The molecule has 454 valence electrons. The second kappa shape index (κ2) is 29.6. The molecule has 0 spiro atoms. The summed E-state index contributed by atoms with van der Waals surface area (Å²) in [6.07, 6.45) is 17.0. The Bertz CT molecular complexity index is 2690. The number of nitrogens with one attached hydrogen (secondary N) is 2. The summed E-state index contributed by atoms with van der Waals surface area (Å²) in [5, 5.41) is 7.09. The topological polar surface area (TPSA) is 151 Å². The van der Waals surface area contributed by atoms with E-state index in [4.69, 9.17) is 4.74 Å². The van der Waals surface area contributed by atoms with Crippen LogP contribution in [0.4, 0.5) is 0 Å². The van der Waals surface area contributed by atoms with Gasteiger partial charge >= 0.3 is 5.97 Å². The van der Waals surface area contributed by atoms with Crippen molar-refractivity contribution in [2.75, 3.05) is 19.6 Å². The number of aromatic nitrogens is 6. The number of esters is 1. The first-order chi connectivity index (χ1) is 36.5. The highest BCUT2D eigenvalue weighted by atomic mass is 16.5. The zero-order valence-corrected chi connectivity index (χ0v) is 57.5. The lowest BCUT2D eigenvalue weighted by molar-refractivity contribution is -0.142. The van der Waals surface area contributed by atoms with Crippen LogP contribution in [-0.4, -0.2) is 84.3 Å². The number of ether oxygens (including phenoxy) is 1. The van der Waals surface area contributed by atoms with Crippen LogP contribution < -0.4 is 0 Å². The smallest absolute Gasteiger partial charge is 0.331 e. The second-order valence-electron chi connectivity index (χ2n) is 30.3. The molecule has 3 aromatic rings. The predicted octanol–water partition coefficient (Wildman–Crippen LogP) is 17.7. The third-order valence-corrected chi connectivity index (χ3v) is 13.6. The number of imidazole rings is 2. The number of cyclic esters (lactones) is 1. The fourth-order valence-corrected chi connectivity index (χ4v) is 8.37. The molecular formula is C69H116N10O2. The average Bonchev–Trinajstić information content (AvgIpc) is 4.13. The molecule has 12 heteroatoms. The number of allylic oxidation sites excluding steroid dienone is 5. The van der Waals surface area contributed by atoms with E-state index in [1.54, 1.807) is 0 Å². The van der Waals surface area contributed by atoms with E-state index in [1.807, 2.05) is 60.0 Å². The maximum Gasteiger partial charge on any atom is 0.331 e. The molecule has 0 bridgehead atoms. The Morgan fingerprint density at radius 3 is 1.28 bits per heavy atom. The molecule has 0 aromatic carbocycles. The van der Waals surface area contributed by atoms with Gasteiger partial charge in [-0.05, 0) is 99.6 Å². The van der Waals surface area contributed by atoms with Gasteiger partial charge in [-0.1, -0.05) is 184 Å². The minimum atomic E-state index is -0.222. The summed E-state index contributed by atoms with van der Waals surface area (Å²) in [7, 11) is 2.06. The predicted molar refractivity (Wildman–Crippen MR) is 351 cm³/mol. The fourth-order valence-electron chi connectivity index (χ4n) is 8.37. The molecule has 5 aliphatic heterocycles. The molecule has 1 atom stereocenters. The summed E-state index contributed by atoms with van der Waals surface area (Å²) < 4.78 is 7.11. The van der Waals surface area contributed by atoms with Crippen molar-refractivity contribution in [3.8, 4) is 0 Å². The van der Waals surface area contributed by atoms with Gasteiger partial charge < -0.3 is 14.3 Å². The van der Waals surface area contributed by atoms with Crippen LogP contribution in [0.5, 0.6) is 0 Å². The van der Waals surface area contributed by atoms with Crippen molar-refractivity contribution in [3.63, 3.8) is 0 Å². The van der Waals surface area contributed by atoms with E-state index in [1.165, 1.54) is 62.7 Å². The van der Waals surface area contributed by atoms with E-state index in [9.17, 15) is 4.79 Å². The van der Waals surface area contributed by atoms with E-state index in [0.29, 0.717) is 5.41 Å². The van der Waals surface area contributed by atoms with Gasteiger partial charge in [0.1, 0.15) is 17.8 Å². The monoisotopic (exact) mass is 1120 g/mol. The van der Waals surface area contributed by atoms with Gasteiger partial charge in [-0.25, -0.2) is 14.8 Å². The number of carbonyl (C=O) groups excluding carboxylic acids is 1. The van der Waals surface area contributed by atoms with Crippen LogP contribution in [0.3, 0.4) is 0 Å². The molecule has 0 fully saturated rings.